The first-order valence-electron chi connectivity index (χ1n) is 11.6. The Balaban J connectivity index is 1.84. The van der Waals surface area contributed by atoms with E-state index >= 15 is 0 Å². The predicted molar refractivity (Wildman–Crippen MR) is 130 cm³/mol. The Hall–Kier alpha value is -4.21. The molecule has 2 heterocycles. The van der Waals surface area contributed by atoms with Crippen LogP contribution < -0.4 is 10.4 Å². The zero-order valence-electron chi connectivity index (χ0n) is 21.8. The number of nitrogens with zero attached hydrogens (tertiary/aromatic N) is 6. The Morgan fingerprint density at radius 2 is 1.74 bits per heavy atom. The predicted octanol–water partition coefficient (Wildman–Crippen LogP) is 3.74. The van der Waals surface area contributed by atoms with Crippen molar-refractivity contribution in [2.75, 3.05) is 18.6 Å². The lowest BCUT2D eigenvalue weighted by atomic mass is 9.96. The molecule has 2 aromatic rings. The van der Waals surface area contributed by atoms with E-state index in [1.54, 1.807) is 33.0 Å². The molecule has 0 saturated carbocycles. The molecule has 0 atom stereocenters. The van der Waals surface area contributed by atoms with Crippen LogP contribution in [0.2, 0.25) is 0 Å². The van der Waals surface area contributed by atoms with Crippen LogP contribution in [0.5, 0.6) is 0 Å². The maximum atomic E-state index is 13.4. The second-order valence-electron chi connectivity index (χ2n) is 10.6. The van der Waals surface area contributed by atoms with Crippen molar-refractivity contribution in [3.05, 3.63) is 53.0 Å². The normalized spacial score (nSPS) is 15.5. The number of amides is 4. The fourth-order valence-electron chi connectivity index (χ4n) is 3.67. The zero-order valence-corrected chi connectivity index (χ0v) is 21.8. The first-order chi connectivity index (χ1) is 17.4. The van der Waals surface area contributed by atoms with Crippen LogP contribution in [-0.4, -0.2) is 56.7 Å². The number of nitriles is 1. The number of nitrogens with one attached hydrogen (secondary N) is 1. The van der Waals surface area contributed by atoms with Gasteiger partial charge in [0, 0.05) is 25.2 Å². The molecule has 0 spiro atoms. The molecule has 1 aromatic carbocycles. The van der Waals surface area contributed by atoms with Crippen molar-refractivity contribution in [2.24, 2.45) is 5.41 Å². The van der Waals surface area contributed by atoms with Crippen LogP contribution in [-0.2, 0) is 17.5 Å². The number of anilines is 1. The largest absolute Gasteiger partial charge is 0.433 e. The monoisotopic (exact) mass is 531 g/mol. The van der Waals surface area contributed by atoms with E-state index in [0.717, 1.165) is 9.91 Å². The summed E-state index contributed by atoms with van der Waals surface area (Å²) in [7, 11) is 1.55. The topological polar surface area (TPSA) is 123 Å². The van der Waals surface area contributed by atoms with Gasteiger partial charge in [0.15, 0.2) is 11.5 Å². The van der Waals surface area contributed by atoms with E-state index in [4.69, 9.17) is 5.26 Å². The van der Waals surface area contributed by atoms with Gasteiger partial charge in [-0.1, -0.05) is 32.9 Å². The Bertz CT molecular complexity index is 1300. The van der Waals surface area contributed by atoms with Gasteiger partial charge in [0.2, 0.25) is 5.82 Å². The lowest BCUT2D eigenvalue weighted by Gasteiger charge is -2.31. The fourth-order valence-corrected chi connectivity index (χ4v) is 3.67. The molecule has 202 valence electrons. The van der Waals surface area contributed by atoms with Gasteiger partial charge >= 0.3 is 12.2 Å². The van der Waals surface area contributed by atoms with Gasteiger partial charge in [0.25, 0.3) is 11.8 Å². The van der Waals surface area contributed by atoms with Crippen LogP contribution in [0.1, 0.15) is 62.1 Å². The summed E-state index contributed by atoms with van der Waals surface area (Å²) >= 11 is 0. The maximum Gasteiger partial charge on any atom is 0.433 e. The van der Waals surface area contributed by atoms with Crippen molar-refractivity contribution < 1.29 is 27.6 Å². The highest BCUT2D eigenvalue weighted by atomic mass is 19.4. The number of alkyl halides is 3. The highest BCUT2D eigenvalue weighted by molar-refractivity contribution is 6.06. The average Bonchev–Trinajstić information content (AvgIpc) is 2.97. The molecule has 0 aliphatic carbocycles. The van der Waals surface area contributed by atoms with Gasteiger partial charge in [-0.3, -0.25) is 24.9 Å². The number of urea groups is 1. The minimum Gasteiger partial charge on any atom is -0.313 e. The van der Waals surface area contributed by atoms with Crippen molar-refractivity contribution >= 4 is 23.7 Å². The standard InChI is InChI=1S/C25H28F3N7O3/c1-23(2,3)14-35(19-11-17(25(26,27)28)30-18(12-29)31-19)32-20(36)16-9-7-15(8-10-16)13-34-21(37)24(4,5)33(6)22(34)38/h7-11H,13-14H2,1-6H3,(H,32,36). The summed E-state index contributed by atoms with van der Waals surface area (Å²) in [5.74, 6) is -1.96. The third kappa shape index (κ3) is 6.01. The highest BCUT2D eigenvalue weighted by Gasteiger charge is 2.49. The summed E-state index contributed by atoms with van der Waals surface area (Å²) in [5.41, 5.74) is 0.581. The van der Waals surface area contributed by atoms with Gasteiger partial charge in [0.05, 0.1) is 6.54 Å². The minimum absolute atomic E-state index is 0.0155. The molecule has 0 radical (unpaired) electrons. The molecule has 1 N–H and O–H groups in total. The van der Waals surface area contributed by atoms with E-state index < -0.39 is 40.6 Å². The van der Waals surface area contributed by atoms with Crippen LogP contribution in [0, 0.1) is 16.7 Å². The summed E-state index contributed by atoms with van der Waals surface area (Å²) in [5, 5.41) is 10.3. The van der Waals surface area contributed by atoms with E-state index in [0.29, 0.717) is 11.6 Å². The van der Waals surface area contributed by atoms with E-state index in [1.165, 1.54) is 23.1 Å². The summed E-state index contributed by atoms with van der Waals surface area (Å²) in [6.07, 6.45) is -4.82. The highest BCUT2D eigenvalue weighted by Crippen LogP contribution is 2.30. The quantitative estimate of drug-likeness (QED) is 0.445. The van der Waals surface area contributed by atoms with Gasteiger partial charge < -0.3 is 4.90 Å². The van der Waals surface area contributed by atoms with Crippen LogP contribution in [0.4, 0.5) is 23.8 Å². The Morgan fingerprint density at radius 1 is 1.13 bits per heavy atom. The maximum absolute atomic E-state index is 13.4. The molecule has 4 amide bonds. The molecule has 1 aromatic heterocycles. The van der Waals surface area contributed by atoms with Crippen LogP contribution in [0.15, 0.2) is 30.3 Å². The molecule has 13 heteroatoms. The van der Waals surface area contributed by atoms with Crippen molar-refractivity contribution in [3.8, 4) is 6.07 Å². The molecule has 1 fully saturated rings. The molecular weight excluding hydrogens is 503 g/mol. The van der Waals surface area contributed by atoms with Crippen LogP contribution in [0.3, 0.4) is 0 Å². The summed E-state index contributed by atoms with van der Waals surface area (Å²) in [6.45, 7) is 8.84. The van der Waals surface area contributed by atoms with Gasteiger partial charge in [-0.05, 0) is 37.0 Å². The first-order valence-corrected chi connectivity index (χ1v) is 11.6. The van der Waals surface area contributed by atoms with E-state index in [1.807, 2.05) is 20.8 Å². The molecule has 1 saturated heterocycles. The summed E-state index contributed by atoms with van der Waals surface area (Å²) in [6, 6.07) is 7.85. The van der Waals surface area contributed by atoms with Crippen LogP contribution in [0.25, 0.3) is 0 Å². The molecule has 1 aliphatic rings. The third-order valence-corrected chi connectivity index (χ3v) is 5.93. The lowest BCUT2D eigenvalue weighted by molar-refractivity contribution is -0.141. The smallest absolute Gasteiger partial charge is 0.313 e. The number of carbonyl (C=O) groups is 3. The average molecular weight is 532 g/mol. The number of rotatable bonds is 6. The number of benzene rings is 1. The molecule has 0 bridgehead atoms. The van der Waals surface area contributed by atoms with Gasteiger partial charge in [-0.15, -0.1) is 0 Å². The second kappa shape index (κ2) is 9.92. The van der Waals surface area contributed by atoms with Crippen molar-refractivity contribution in [1.29, 1.82) is 5.26 Å². The Morgan fingerprint density at radius 3 is 2.21 bits per heavy atom. The summed E-state index contributed by atoms with van der Waals surface area (Å²) < 4.78 is 40.1. The Kier molecular flexibility index (Phi) is 7.41. The summed E-state index contributed by atoms with van der Waals surface area (Å²) in [4.78, 5) is 47.7. The SMILES string of the molecule is CN1C(=O)N(Cc2ccc(C(=O)NN(CC(C)(C)C)c3cc(C(F)(F)F)nc(C#N)n3)cc2)C(=O)C1(C)C. The second-order valence-corrected chi connectivity index (χ2v) is 10.6. The lowest BCUT2D eigenvalue weighted by Crippen LogP contribution is -2.47. The molecule has 38 heavy (non-hydrogen) atoms. The number of hydrogen-bond donors (Lipinski definition) is 1. The Labute approximate surface area is 218 Å². The number of hydrazine groups is 1. The first kappa shape index (κ1) is 28.4. The molecule has 10 nitrogen and oxygen atoms in total. The number of imide groups is 1. The molecule has 1 aliphatic heterocycles. The van der Waals surface area contributed by atoms with Gasteiger partial charge in [-0.25, -0.2) is 9.78 Å². The van der Waals surface area contributed by atoms with Gasteiger partial charge in [-0.2, -0.15) is 23.4 Å². The molecule has 3 rings (SSSR count). The van der Waals surface area contributed by atoms with E-state index in [9.17, 15) is 27.6 Å². The number of halogens is 3. The fraction of sp³-hybridized carbons (Fsp3) is 0.440. The van der Waals surface area contributed by atoms with E-state index in [2.05, 4.69) is 15.4 Å². The van der Waals surface area contributed by atoms with Crippen molar-refractivity contribution in [3.63, 3.8) is 0 Å². The van der Waals surface area contributed by atoms with Crippen LogP contribution >= 0.6 is 0 Å². The van der Waals surface area contributed by atoms with Crippen molar-refractivity contribution in [1.82, 2.24) is 25.2 Å². The van der Waals surface area contributed by atoms with E-state index in [-0.39, 0.29) is 30.4 Å². The number of aromatic nitrogens is 2. The molecule has 0 unspecified atom stereocenters. The zero-order chi connectivity index (χ0) is 28.6. The third-order valence-electron chi connectivity index (χ3n) is 5.93. The number of likely N-dealkylation sites (N-methyl/N-ethyl adjacent to an activating group) is 1. The number of carbonyl (C=O) groups excluding carboxylic acids is 3. The van der Waals surface area contributed by atoms with Gasteiger partial charge in [0.1, 0.15) is 11.6 Å². The minimum atomic E-state index is -4.82. The van der Waals surface area contributed by atoms with Crippen molar-refractivity contribution in [2.45, 2.75) is 52.9 Å². The molecular formula is C25H28F3N7O3. The number of hydrogen-bond acceptors (Lipinski definition) is 7.